The van der Waals surface area contributed by atoms with Crippen LogP contribution in [0.3, 0.4) is 0 Å². The summed E-state index contributed by atoms with van der Waals surface area (Å²) in [7, 11) is 0. The van der Waals surface area contributed by atoms with Crippen LogP contribution in [0.5, 0.6) is 0 Å². The van der Waals surface area contributed by atoms with Gasteiger partial charge in [-0.25, -0.2) is 0 Å². The zero-order valence-electron chi connectivity index (χ0n) is 17.3. The highest BCUT2D eigenvalue weighted by Crippen LogP contribution is 2.46. The van der Waals surface area contributed by atoms with E-state index in [4.69, 9.17) is 4.99 Å². The second kappa shape index (κ2) is 6.56. The number of aliphatic imine (C=N–C) groups is 1. The van der Waals surface area contributed by atoms with Gasteiger partial charge in [0.25, 0.3) is 0 Å². The fourth-order valence-corrected chi connectivity index (χ4v) is 5.13. The van der Waals surface area contributed by atoms with Crippen molar-refractivity contribution in [2.24, 2.45) is 16.8 Å². The Bertz CT molecular complexity index is 1270. The van der Waals surface area contributed by atoms with Gasteiger partial charge in [-0.3, -0.25) is 4.99 Å². The average Bonchev–Trinajstić information content (AvgIpc) is 2.79. The van der Waals surface area contributed by atoms with E-state index in [2.05, 4.69) is 110 Å². The van der Waals surface area contributed by atoms with Crippen LogP contribution in [0.25, 0.3) is 10.8 Å². The van der Waals surface area contributed by atoms with Gasteiger partial charge in [0.2, 0.25) is 0 Å². The molecule has 0 bridgehead atoms. The molecule has 3 aromatic carbocycles. The zero-order valence-corrected chi connectivity index (χ0v) is 17.3. The Hall–Kier alpha value is -3.39. The first-order valence-corrected chi connectivity index (χ1v) is 10.8. The molecule has 1 aliphatic carbocycles. The van der Waals surface area contributed by atoms with Crippen LogP contribution < -0.4 is 4.90 Å². The van der Waals surface area contributed by atoms with Crippen molar-refractivity contribution in [2.45, 2.75) is 19.9 Å². The average molecular weight is 389 g/mol. The number of para-hydroxylation sites is 1. The minimum Gasteiger partial charge on any atom is -0.331 e. The van der Waals surface area contributed by atoms with E-state index in [1.54, 1.807) is 0 Å². The molecule has 2 nitrogen and oxygen atoms in total. The van der Waals surface area contributed by atoms with Crippen LogP contribution in [0, 0.1) is 11.8 Å². The summed E-state index contributed by atoms with van der Waals surface area (Å²) < 4.78 is 0. The molecule has 0 amide bonds. The van der Waals surface area contributed by atoms with Crippen molar-refractivity contribution in [3.63, 3.8) is 0 Å². The topological polar surface area (TPSA) is 15.6 Å². The molecule has 3 aliphatic rings. The van der Waals surface area contributed by atoms with E-state index in [-0.39, 0.29) is 12.0 Å². The van der Waals surface area contributed by atoms with Crippen molar-refractivity contribution >= 4 is 27.9 Å². The van der Waals surface area contributed by atoms with Gasteiger partial charge in [-0.2, -0.15) is 0 Å². The van der Waals surface area contributed by atoms with Crippen molar-refractivity contribution in [2.75, 3.05) is 4.90 Å². The second-order valence-electron chi connectivity index (χ2n) is 8.66. The lowest BCUT2D eigenvalue weighted by atomic mass is 9.75. The Balaban J connectivity index is 1.66. The molecule has 2 heteroatoms. The number of nitrogens with zero attached hydrogens (tertiary/aromatic N) is 2. The molecule has 30 heavy (non-hydrogen) atoms. The Morgan fingerprint density at radius 1 is 0.867 bits per heavy atom. The number of rotatable bonds is 2. The first-order valence-electron chi connectivity index (χ1n) is 10.8. The lowest BCUT2D eigenvalue weighted by Crippen LogP contribution is -2.48. The Kier molecular flexibility index (Phi) is 3.82. The minimum atomic E-state index is 0.145. The number of hydrogen-bond acceptors (Lipinski definition) is 2. The molecule has 0 spiro atoms. The maximum atomic E-state index is 5.04. The van der Waals surface area contributed by atoms with Crippen LogP contribution >= 0.6 is 0 Å². The molecule has 2 heterocycles. The Morgan fingerprint density at radius 3 is 2.47 bits per heavy atom. The fourth-order valence-electron chi connectivity index (χ4n) is 5.13. The summed E-state index contributed by atoms with van der Waals surface area (Å²) in [4.78, 5) is 7.55. The van der Waals surface area contributed by atoms with Gasteiger partial charge in [-0.15, -0.1) is 0 Å². The SMILES string of the molecule is CC(C)C1=CC2C(=CN=C3c4cccc5cccc(c45)N(c4ccccc4)C32)C=C1. The normalized spacial score (nSPS) is 21.7. The van der Waals surface area contributed by atoms with Crippen LogP contribution in [-0.4, -0.2) is 11.8 Å². The molecule has 0 saturated carbocycles. The van der Waals surface area contributed by atoms with E-state index in [9.17, 15) is 0 Å². The van der Waals surface area contributed by atoms with Crippen LogP contribution in [0.4, 0.5) is 11.4 Å². The Morgan fingerprint density at radius 2 is 1.67 bits per heavy atom. The summed E-state index contributed by atoms with van der Waals surface area (Å²) in [5, 5.41) is 2.57. The third-order valence-corrected chi connectivity index (χ3v) is 6.60. The van der Waals surface area contributed by atoms with Crippen molar-refractivity contribution in [3.05, 3.63) is 108 Å². The van der Waals surface area contributed by atoms with Crippen LogP contribution in [-0.2, 0) is 0 Å². The molecular weight excluding hydrogens is 364 g/mol. The summed E-state index contributed by atoms with van der Waals surface area (Å²) in [6, 6.07) is 24.2. The molecule has 0 radical (unpaired) electrons. The fraction of sp³-hybridized carbons (Fsp3) is 0.179. The highest BCUT2D eigenvalue weighted by atomic mass is 15.2. The first-order chi connectivity index (χ1) is 14.7. The number of fused-ring (bicyclic) bond motifs is 4. The maximum Gasteiger partial charge on any atom is 0.0872 e. The van der Waals surface area contributed by atoms with E-state index in [1.807, 2.05) is 0 Å². The summed E-state index contributed by atoms with van der Waals surface area (Å²) in [5.74, 6) is 0.790. The van der Waals surface area contributed by atoms with Crippen LogP contribution in [0.1, 0.15) is 19.4 Å². The molecule has 3 aromatic rings. The third-order valence-electron chi connectivity index (χ3n) is 6.60. The highest BCUT2D eigenvalue weighted by molar-refractivity contribution is 6.22. The summed E-state index contributed by atoms with van der Waals surface area (Å²) in [6.45, 7) is 4.54. The molecule has 2 aliphatic heterocycles. The van der Waals surface area contributed by atoms with E-state index in [1.165, 1.54) is 44.6 Å². The van der Waals surface area contributed by atoms with Gasteiger partial charge in [0, 0.05) is 28.8 Å². The monoisotopic (exact) mass is 388 g/mol. The number of hydrogen-bond donors (Lipinski definition) is 0. The van der Waals surface area contributed by atoms with Crippen LogP contribution in [0.2, 0.25) is 0 Å². The van der Waals surface area contributed by atoms with Gasteiger partial charge >= 0.3 is 0 Å². The predicted molar refractivity (Wildman–Crippen MR) is 126 cm³/mol. The van der Waals surface area contributed by atoms with Gasteiger partial charge in [0.1, 0.15) is 0 Å². The highest BCUT2D eigenvalue weighted by Gasteiger charge is 2.41. The number of allylic oxidation sites excluding steroid dienone is 3. The van der Waals surface area contributed by atoms with E-state index in [0.717, 1.165) is 0 Å². The molecule has 0 aromatic heterocycles. The standard InChI is InChI=1S/C28H24N2/c1-18(2)20-14-15-21-17-29-27-23-12-6-8-19-9-7-13-25(26(19)23)30(28(27)24(21)16-20)22-10-4-3-5-11-22/h3-18,24,28H,1-2H3. The quantitative estimate of drug-likeness (QED) is 0.470. The number of anilines is 2. The lowest BCUT2D eigenvalue weighted by molar-refractivity contribution is 0.644. The van der Waals surface area contributed by atoms with Gasteiger partial charge < -0.3 is 4.90 Å². The van der Waals surface area contributed by atoms with Gasteiger partial charge in [-0.1, -0.05) is 80.6 Å². The third kappa shape index (κ3) is 2.46. The molecule has 0 N–H and O–H groups in total. The van der Waals surface area contributed by atoms with Crippen molar-refractivity contribution in [1.82, 2.24) is 0 Å². The molecule has 146 valence electrons. The molecule has 0 fully saturated rings. The summed E-state index contributed by atoms with van der Waals surface area (Å²) in [6.07, 6.45) is 9.08. The van der Waals surface area contributed by atoms with E-state index in [0.29, 0.717) is 5.92 Å². The zero-order chi connectivity index (χ0) is 20.2. The molecule has 0 saturated heterocycles. The van der Waals surface area contributed by atoms with E-state index < -0.39 is 0 Å². The Labute approximate surface area is 177 Å². The minimum absolute atomic E-state index is 0.145. The first kappa shape index (κ1) is 17.5. The van der Waals surface area contributed by atoms with Crippen molar-refractivity contribution in [1.29, 1.82) is 0 Å². The second-order valence-corrected chi connectivity index (χ2v) is 8.66. The largest absolute Gasteiger partial charge is 0.331 e. The van der Waals surface area contributed by atoms with E-state index >= 15 is 0 Å². The smallest absolute Gasteiger partial charge is 0.0872 e. The molecule has 2 unspecified atom stereocenters. The van der Waals surface area contributed by atoms with Crippen molar-refractivity contribution in [3.8, 4) is 0 Å². The van der Waals surface area contributed by atoms with Gasteiger partial charge in [0.15, 0.2) is 0 Å². The van der Waals surface area contributed by atoms with Gasteiger partial charge in [0.05, 0.1) is 17.4 Å². The lowest BCUT2D eigenvalue weighted by Gasteiger charge is -2.45. The van der Waals surface area contributed by atoms with Crippen LogP contribution in [0.15, 0.2) is 107 Å². The predicted octanol–water partition coefficient (Wildman–Crippen LogP) is 6.82. The van der Waals surface area contributed by atoms with Crippen molar-refractivity contribution < 1.29 is 0 Å². The van der Waals surface area contributed by atoms with Gasteiger partial charge in [-0.05, 0) is 40.6 Å². The maximum absolute atomic E-state index is 5.04. The summed E-state index contributed by atoms with van der Waals surface area (Å²) in [5.41, 5.74) is 7.63. The molecule has 2 atom stereocenters. The molecule has 6 rings (SSSR count). The summed E-state index contributed by atoms with van der Waals surface area (Å²) >= 11 is 0. The molecular formula is C28H24N2. The number of benzene rings is 3.